The third-order valence-corrected chi connectivity index (χ3v) is 27.7. The van der Waals surface area contributed by atoms with Crippen LogP contribution >= 0.6 is 0 Å². The first-order valence-electron chi connectivity index (χ1n) is 43.1. The lowest BCUT2D eigenvalue weighted by molar-refractivity contribution is 0.0272. The number of hydrogen-bond acceptors (Lipinski definition) is 10. The molecule has 10 aromatic rings. The summed E-state index contributed by atoms with van der Waals surface area (Å²) in [6.07, 6.45) is 47.9. The predicted molar refractivity (Wildman–Crippen MR) is 438 cm³/mol. The predicted octanol–water partition coefficient (Wildman–Crippen LogP) is 20.3. The van der Waals surface area contributed by atoms with Gasteiger partial charge in [0, 0.05) is 71.2 Å². The summed E-state index contributed by atoms with van der Waals surface area (Å²) in [6.45, 7) is 2.74. The van der Waals surface area contributed by atoms with Crippen molar-refractivity contribution in [1.29, 1.82) is 0 Å². The number of imidazole rings is 5. The summed E-state index contributed by atoms with van der Waals surface area (Å²) in [6, 6.07) is 42.0. The SMILES string of the molecule is FC(CC1Cn2cncc2-c2ccccc21)C1CCCCC1.OC(CC1C(O)c2ccccc2-c2cncn21)C1CCCCC1.OC1CCC(C(F)CC2Cc3ccccc3-c3cncn32)CC1.O[C@@H](CC1Cn2cncc2-c2ccccc21)C1CCCCC1.O[C@H](CC1Cn2cncc2-c2ccccc21)C1CCCCC1. The molecule has 5 N–H and O–H groups in total. The highest BCUT2D eigenvalue weighted by molar-refractivity contribution is 5.70. The number of aromatic nitrogens is 10. The first-order valence-corrected chi connectivity index (χ1v) is 43.1. The molecule has 5 fully saturated rings. The van der Waals surface area contributed by atoms with Crippen LogP contribution < -0.4 is 0 Å². The minimum absolute atomic E-state index is 0.0996. The minimum Gasteiger partial charge on any atom is -0.393 e. The van der Waals surface area contributed by atoms with Crippen molar-refractivity contribution < 1.29 is 34.3 Å². The largest absolute Gasteiger partial charge is 0.393 e. The highest BCUT2D eigenvalue weighted by atomic mass is 19.1. The highest BCUT2D eigenvalue weighted by Gasteiger charge is 2.39. The smallest absolute Gasteiger partial charge is 0.105 e. The van der Waals surface area contributed by atoms with Crippen molar-refractivity contribution in [2.75, 3.05) is 0 Å². The minimum atomic E-state index is -0.798. The number of aliphatic hydroxyl groups excluding tert-OH is 5. The van der Waals surface area contributed by atoms with Crippen LogP contribution in [0.4, 0.5) is 8.78 Å². The van der Waals surface area contributed by atoms with Gasteiger partial charge in [-0.15, -0.1) is 0 Å². The van der Waals surface area contributed by atoms with Crippen LogP contribution in [0.15, 0.2) is 184 Å². The maximum absolute atomic E-state index is 14.9. The second kappa shape index (κ2) is 36.5. The topological polar surface area (TPSA) is 190 Å². The molecular weight excluding hydrogens is 1400 g/mol. The number of rotatable bonds is 15. The number of nitrogens with zero attached hydrogens (tertiary/aromatic N) is 10. The molecule has 15 nitrogen and oxygen atoms in total. The molecule has 5 aliphatic carbocycles. The fourth-order valence-electron chi connectivity index (χ4n) is 21.5. The first-order chi connectivity index (χ1) is 55.0. The maximum atomic E-state index is 14.9. The average molecular weight is 1520 g/mol. The van der Waals surface area contributed by atoms with Crippen molar-refractivity contribution in [3.8, 4) is 56.3 Å². The van der Waals surface area contributed by atoms with Crippen LogP contribution in [-0.2, 0) is 26.1 Å². The van der Waals surface area contributed by atoms with Crippen LogP contribution in [0, 0.1) is 29.6 Å². The van der Waals surface area contributed by atoms with Crippen LogP contribution in [-0.4, -0.2) is 110 Å². The van der Waals surface area contributed by atoms with Crippen LogP contribution in [0.3, 0.4) is 0 Å². The lowest BCUT2D eigenvalue weighted by Crippen LogP contribution is -2.31. The number of aliphatic hydroxyl groups is 5. The quantitative estimate of drug-likeness (QED) is 0.0660. The zero-order valence-electron chi connectivity index (χ0n) is 65.4. The van der Waals surface area contributed by atoms with Crippen molar-refractivity contribution in [2.45, 2.75) is 285 Å². The van der Waals surface area contributed by atoms with Gasteiger partial charge in [-0.3, -0.25) is 0 Å². The Kier molecular flexibility index (Phi) is 25.3. The van der Waals surface area contributed by atoms with E-state index in [4.69, 9.17) is 0 Å². The maximum Gasteiger partial charge on any atom is 0.105 e. The van der Waals surface area contributed by atoms with Crippen LogP contribution in [0.5, 0.6) is 0 Å². The lowest BCUT2D eigenvalue weighted by Gasteiger charge is -2.36. The molecule has 112 heavy (non-hydrogen) atoms. The summed E-state index contributed by atoms with van der Waals surface area (Å²) < 4.78 is 40.5. The Morgan fingerprint density at radius 1 is 0.330 bits per heavy atom. The van der Waals surface area contributed by atoms with Gasteiger partial charge in [0.2, 0.25) is 0 Å². The van der Waals surface area contributed by atoms with Gasteiger partial charge in [-0.1, -0.05) is 198 Å². The molecule has 10 heterocycles. The molecule has 20 rings (SSSR count). The number of halogens is 2. The third-order valence-electron chi connectivity index (χ3n) is 27.7. The summed E-state index contributed by atoms with van der Waals surface area (Å²) in [5.41, 5.74) is 18.1. The second-order valence-electron chi connectivity index (χ2n) is 34.7. The van der Waals surface area contributed by atoms with Gasteiger partial charge >= 0.3 is 0 Å². The number of fused-ring (bicyclic) bond motifs is 15. The molecule has 0 spiro atoms. The van der Waals surface area contributed by atoms with Crippen molar-refractivity contribution in [2.24, 2.45) is 29.6 Å². The monoisotopic (exact) mass is 1520 g/mol. The van der Waals surface area contributed by atoms with Gasteiger partial charge in [0.15, 0.2) is 0 Å². The highest BCUT2D eigenvalue weighted by Crippen LogP contribution is 2.48. The van der Waals surface area contributed by atoms with E-state index in [9.17, 15) is 34.3 Å². The Morgan fingerprint density at radius 2 is 0.670 bits per heavy atom. The van der Waals surface area contributed by atoms with E-state index in [2.05, 4.69) is 134 Å². The molecule has 17 heteroatoms. The Bertz CT molecular complexity index is 4350. The number of hydrogen-bond donors (Lipinski definition) is 5. The lowest BCUT2D eigenvalue weighted by atomic mass is 9.79. The van der Waals surface area contributed by atoms with Crippen LogP contribution in [0.25, 0.3) is 56.3 Å². The average Bonchev–Trinajstić information content (AvgIpc) is 1.49. The molecule has 5 aromatic carbocycles. The first kappa shape index (κ1) is 77.7. The summed E-state index contributed by atoms with van der Waals surface area (Å²) >= 11 is 0. The summed E-state index contributed by atoms with van der Waals surface area (Å²) in [4.78, 5) is 21.5. The zero-order valence-corrected chi connectivity index (χ0v) is 65.4. The molecule has 11 atom stereocenters. The Morgan fingerprint density at radius 3 is 1.13 bits per heavy atom. The molecule has 10 aliphatic rings. The van der Waals surface area contributed by atoms with E-state index < -0.39 is 18.4 Å². The van der Waals surface area contributed by atoms with Gasteiger partial charge < -0.3 is 48.4 Å². The van der Waals surface area contributed by atoms with Crippen LogP contribution in [0.2, 0.25) is 0 Å². The van der Waals surface area contributed by atoms with E-state index in [1.165, 1.54) is 164 Å². The van der Waals surface area contributed by atoms with Crippen molar-refractivity contribution in [3.05, 3.63) is 212 Å². The van der Waals surface area contributed by atoms with Gasteiger partial charge in [0.05, 0.1) is 122 Å². The van der Waals surface area contributed by atoms with Crippen LogP contribution in [0.1, 0.15) is 250 Å². The van der Waals surface area contributed by atoms with Crippen molar-refractivity contribution in [3.63, 3.8) is 0 Å². The van der Waals surface area contributed by atoms with E-state index in [0.717, 1.165) is 113 Å². The van der Waals surface area contributed by atoms with Crippen molar-refractivity contribution in [1.82, 2.24) is 47.8 Å². The van der Waals surface area contributed by atoms with Gasteiger partial charge in [-0.25, -0.2) is 33.7 Å². The molecule has 0 radical (unpaired) electrons. The van der Waals surface area contributed by atoms with E-state index in [1.807, 2.05) is 91.2 Å². The zero-order chi connectivity index (χ0) is 76.4. The molecule has 0 bridgehead atoms. The molecular formula is C95H118F2N10O5. The molecule has 592 valence electrons. The van der Waals surface area contributed by atoms with E-state index >= 15 is 0 Å². The summed E-state index contributed by atoms with van der Waals surface area (Å²) in [5.74, 6) is 2.84. The Hall–Kier alpha value is -8.19. The van der Waals surface area contributed by atoms with E-state index in [0.29, 0.717) is 48.9 Å². The Balaban J connectivity index is 0.000000106. The Labute approximate surface area is 661 Å². The normalized spacial score (nSPS) is 24.5. The molecule has 0 saturated heterocycles. The fourth-order valence-corrected chi connectivity index (χ4v) is 21.5. The molecule has 5 saturated carbocycles. The molecule has 0 amide bonds. The molecule has 5 aromatic heterocycles. The number of alkyl halides is 2. The number of benzene rings is 5. The van der Waals surface area contributed by atoms with Gasteiger partial charge in [-0.2, -0.15) is 0 Å². The van der Waals surface area contributed by atoms with E-state index in [-0.39, 0.29) is 54.3 Å². The van der Waals surface area contributed by atoms with E-state index in [1.54, 1.807) is 6.33 Å². The fraction of sp³-hybridized carbons (Fsp3) is 0.526. The van der Waals surface area contributed by atoms with Crippen molar-refractivity contribution >= 4 is 0 Å². The second-order valence-corrected chi connectivity index (χ2v) is 34.7. The standard InChI is InChI=1S/C19H23FN2O.C19H23FN2.C19H24N2O2.2C19H24N2O/c20-18(13-5-7-16(23)8-6-13)10-15-9-14-3-1-2-4-17(14)19-11-21-12-22(15)19;20-18(14-6-2-1-3-7-14)10-15-12-22-13-21-11-19(22)17-9-5-4-8-16(15)17;22-18(13-6-2-1-3-7-13)10-16-19(23)15-9-5-4-8-14(15)17-11-20-12-21(16)17;2*22-19(14-6-2-1-3-7-14)10-15-12-21-13-20-11-18(21)17-9-5-4-8-16(15)17/h1-4,11-13,15-16,18,23H,5-10H2;4-5,8-9,11,13-15,18H,1-3,6-7,10,12H2;4-5,8-9,11-13,16,18-19,22-23H,1-3,6-7,10H2;2*4-5,8-9,11,13-15,19,22H,1-3,6-7,10,12H2/t;;;2*15?,19-/m...10/s1. The third kappa shape index (κ3) is 17.5. The van der Waals surface area contributed by atoms with Gasteiger partial charge in [-0.05, 0) is 173 Å². The van der Waals surface area contributed by atoms with Gasteiger partial charge in [0.1, 0.15) is 18.4 Å². The molecule has 9 unspecified atom stereocenters. The summed E-state index contributed by atoms with van der Waals surface area (Å²) in [7, 11) is 0. The summed E-state index contributed by atoms with van der Waals surface area (Å²) in [5, 5.41) is 52.6. The van der Waals surface area contributed by atoms with Gasteiger partial charge in [0.25, 0.3) is 0 Å². The molecule has 5 aliphatic heterocycles.